The maximum absolute atomic E-state index is 14.2. The number of rotatable bonds is 5. The molecular formula is C21H16F4N10. The van der Waals surface area contributed by atoms with E-state index in [2.05, 4.69) is 35.3 Å². The summed E-state index contributed by atoms with van der Waals surface area (Å²) in [5.41, 5.74) is 7.52. The average molecular weight is 484 g/mol. The molecule has 5 aromatic rings. The zero-order valence-corrected chi connectivity index (χ0v) is 18.0. The molecule has 0 radical (unpaired) electrons. The van der Waals surface area contributed by atoms with Crippen LogP contribution in [0.5, 0.6) is 0 Å². The second kappa shape index (κ2) is 8.38. The van der Waals surface area contributed by atoms with Gasteiger partial charge in [0.1, 0.15) is 35.0 Å². The molecule has 0 fully saturated rings. The first-order valence-electron chi connectivity index (χ1n) is 10.3. The van der Waals surface area contributed by atoms with Gasteiger partial charge in [-0.05, 0) is 18.6 Å². The monoisotopic (exact) mass is 484 g/mol. The predicted octanol–water partition coefficient (Wildman–Crippen LogP) is 3.60. The summed E-state index contributed by atoms with van der Waals surface area (Å²) in [5, 5.41) is 13.1. The number of hydrogen-bond donors (Lipinski definition) is 1. The van der Waals surface area contributed by atoms with Crippen LogP contribution < -0.4 is 5.73 Å². The zero-order chi connectivity index (χ0) is 24.7. The molecule has 0 aliphatic rings. The maximum atomic E-state index is 14.2. The number of aromatic nitrogens is 9. The van der Waals surface area contributed by atoms with Crippen molar-refractivity contribution in [3.05, 3.63) is 66.5 Å². The zero-order valence-electron chi connectivity index (χ0n) is 18.0. The van der Waals surface area contributed by atoms with Crippen molar-refractivity contribution in [3.8, 4) is 16.9 Å². The Hall–Kier alpha value is -4.49. The van der Waals surface area contributed by atoms with Gasteiger partial charge in [-0.1, -0.05) is 24.3 Å². The normalized spacial score (nSPS) is 12.8. The molecule has 35 heavy (non-hydrogen) atoms. The lowest BCUT2D eigenvalue weighted by Gasteiger charge is -2.13. The molecule has 0 amide bonds. The third kappa shape index (κ3) is 3.92. The summed E-state index contributed by atoms with van der Waals surface area (Å²) in [6, 6.07) is 5.62. The number of nitrogens with zero attached hydrogens (tertiary/aromatic N) is 9. The number of anilines is 1. The Morgan fingerprint density at radius 2 is 1.80 bits per heavy atom. The van der Waals surface area contributed by atoms with Crippen LogP contribution in [-0.2, 0) is 6.18 Å². The SMILES string of the molecule is CCC(c1cn(-c2ccccc2F)nn1)n1nc(-c2cnc(C(F)(F)F)nc2)c2c(N)ncnc21. The Morgan fingerprint density at radius 3 is 2.49 bits per heavy atom. The van der Waals surface area contributed by atoms with Gasteiger partial charge in [-0.25, -0.2) is 33.7 Å². The highest BCUT2D eigenvalue weighted by molar-refractivity contribution is 5.98. The number of alkyl halides is 3. The van der Waals surface area contributed by atoms with E-state index in [-0.39, 0.29) is 22.8 Å². The number of benzene rings is 1. The summed E-state index contributed by atoms with van der Waals surface area (Å²) in [6.07, 6.45) is 0.671. The molecule has 1 atom stereocenters. The van der Waals surface area contributed by atoms with Gasteiger partial charge in [-0.2, -0.15) is 18.3 Å². The Bertz CT molecular complexity index is 1510. The molecule has 0 saturated heterocycles. The quantitative estimate of drug-likeness (QED) is 0.375. The molecule has 0 aliphatic carbocycles. The fourth-order valence-electron chi connectivity index (χ4n) is 3.70. The van der Waals surface area contributed by atoms with Gasteiger partial charge in [-0.15, -0.1) is 5.10 Å². The Kier molecular flexibility index (Phi) is 5.34. The molecule has 0 bridgehead atoms. The first-order valence-corrected chi connectivity index (χ1v) is 10.3. The van der Waals surface area contributed by atoms with Crippen LogP contribution in [0.25, 0.3) is 28.0 Å². The smallest absolute Gasteiger partial charge is 0.383 e. The van der Waals surface area contributed by atoms with E-state index >= 15 is 0 Å². The van der Waals surface area contributed by atoms with Crippen molar-refractivity contribution in [2.75, 3.05) is 5.73 Å². The fourth-order valence-corrected chi connectivity index (χ4v) is 3.70. The number of fused-ring (bicyclic) bond motifs is 1. The van der Waals surface area contributed by atoms with Crippen molar-refractivity contribution >= 4 is 16.9 Å². The molecule has 4 aromatic heterocycles. The molecule has 10 nitrogen and oxygen atoms in total. The summed E-state index contributed by atoms with van der Waals surface area (Å²) in [7, 11) is 0. The lowest BCUT2D eigenvalue weighted by Crippen LogP contribution is -2.13. The van der Waals surface area contributed by atoms with Gasteiger partial charge >= 0.3 is 6.18 Å². The minimum atomic E-state index is -4.68. The molecule has 14 heteroatoms. The molecule has 0 aliphatic heterocycles. The third-order valence-corrected chi connectivity index (χ3v) is 5.33. The van der Waals surface area contributed by atoms with Crippen molar-refractivity contribution in [1.82, 2.24) is 44.7 Å². The van der Waals surface area contributed by atoms with Crippen LogP contribution in [0.1, 0.15) is 30.9 Å². The van der Waals surface area contributed by atoms with E-state index in [1.54, 1.807) is 24.4 Å². The molecule has 0 spiro atoms. The summed E-state index contributed by atoms with van der Waals surface area (Å²) >= 11 is 0. The van der Waals surface area contributed by atoms with E-state index < -0.39 is 23.9 Å². The van der Waals surface area contributed by atoms with Crippen LogP contribution in [-0.4, -0.2) is 44.7 Å². The minimum Gasteiger partial charge on any atom is -0.383 e. The second-order valence-electron chi connectivity index (χ2n) is 7.51. The van der Waals surface area contributed by atoms with E-state index in [1.807, 2.05) is 6.92 Å². The highest BCUT2D eigenvalue weighted by Gasteiger charge is 2.34. The number of para-hydroxylation sites is 1. The molecule has 0 saturated carbocycles. The highest BCUT2D eigenvalue weighted by Crippen LogP contribution is 2.34. The molecule has 1 unspecified atom stereocenters. The Balaban J connectivity index is 1.62. The van der Waals surface area contributed by atoms with E-state index in [0.717, 1.165) is 12.4 Å². The largest absolute Gasteiger partial charge is 0.451 e. The van der Waals surface area contributed by atoms with Gasteiger partial charge in [0.05, 0.1) is 17.6 Å². The molecule has 1 aromatic carbocycles. The van der Waals surface area contributed by atoms with Crippen molar-refractivity contribution in [2.24, 2.45) is 0 Å². The molecule has 2 N–H and O–H groups in total. The number of hydrogen-bond acceptors (Lipinski definition) is 8. The highest BCUT2D eigenvalue weighted by atomic mass is 19.4. The van der Waals surface area contributed by atoms with Gasteiger partial charge in [0.2, 0.25) is 5.82 Å². The first-order chi connectivity index (χ1) is 16.8. The van der Waals surface area contributed by atoms with Crippen molar-refractivity contribution < 1.29 is 17.6 Å². The maximum Gasteiger partial charge on any atom is 0.451 e. The van der Waals surface area contributed by atoms with E-state index in [9.17, 15) is 17.6 Å². The Morgan fingerprint density at radius 1 is 1.06 bits per heavy atom. The van der Waals surface area contributed by atoms with Gasteiger partial charge < -0.3 is 5.73 Å². The number of halogens is 4. The van der Waals surface area contributed by atoms with Crippen molar-refractivity contribution in [2.45, 2.75) is 25.6 Å². The second-order valence-corrected chi connectivity index (χ2v) is 7.51. The summed E-state index contributed by atoms with van der Waals surface area (Å²) in [4.78, 5) is 15.1. The van der Waals surface area contributed by atoms with Gasteiger partial charge in [0, 0.05) is 18.0 Å². The van der Waals surface area contributed by atoms with Crippen molar-refractivity contribution in [3.63, 3.8) is 0 Å². The Labute approximate surface area is 194 Å². The topological polar surface area (TPSA) is 126 Å². The minimum absolute atomic E-state index is 0.0843. The predicted molar refractivity (Wildman–Crippen MR) is 116 cm³/mol. The van der Waals surface area contributed by atoms with Gasteiger partial charge in [0.15, 0.2) is 5.65 Å². The summed E-state index contributed by atoms with van der Waals surface area (Å²) in [6.45, 7) is 1.88. The van der Waals surface area contributed by atoms with E-state index in [1.165, 1.54) is 21.8 Å². The first kappa shape index (κ1) is 22.3. The van der Waals surface area contributed by atoms with Crippen LogP contribution >= 0.6 is 0 Å². The lowest BCUT2D eigenvalue weighted by molar-refractivity contribution is -0.144. The molecule has 4 heterocycles. The third-order valence-electron chi connectivity index (χ3n) is 5.33. The molecule has 178 valence electrons. The molecular weight excluding hydrogens is 468 g/mol. The lowest BCUT2D eigenvalue weighted by atomic mass is 10.1. The van der Waals surface area contributed by atoms with E-state index in [0.29, 0.717) is 23.1 Å². The van der Waals surface area contributed by atoms with E-state index in [4.69, 9.17) is 5.73 Å². The van der Waals surface area contributed by atoms with Crippen LogP contribution in [0.15, 0.2) is 49.2 Å². The van der Waals surface area contributed by atoms with Crippen LogP contribution in [0, 0.1) is 5.82 Å². The summed E-state index contributed by atoms with van der Waals surface area (Å²) in [5.74, 6) is -1.65. The van der Waals surface area contributed by atoms with Crippen LogP contribution in [0.4, 0.5) is 23.4 Å². The molecule has 5 rings (SSSR count). The van der Waals surface area contributed by atoms with Crippen LogP contribution in [0.3, 0.4) is 0 Å². The van der Waals surface area contributed by atoms with Gasteiger partial charge in [-0.3, -0.25) is 0 Å². The van der Waals surface area contributed by atoms with Gasteiger partial charge in [0.25, 0.3) is 0 Å². The number of nitrogen functional groups attached to an aromatic ring is 1. The standard InChI is InChI=1S/C21H16F4N10/c1-2-14(13-9-34(33-31-13)15-6-4-3-5-12(15)22)35-19-16(18(26)29-10-30-19)17(32-35)11-7-27-20(28-8-11)21(23,24)25/h3-10,14H,2H2,1H3,(H2,26,29,30). The average Bonchev–Trinajstić information content (AvgIpc) is 3.46. The fraction of sp³-hybridized carbons (Fsp3) is 0.190. The number of nitrogens with two attached hydrogens (primary N) is 1. The summed E-state index contributed by atoms with van der Waals surface area (Å²) < 4.78 is 55.8. The van der Waals surface area contributed by atoms with Crippen LogP contribution in [0.2, 0.25) is 0 Å². The van der Waals surface area contributed by atoms with Crippen molar-refractivity contribution in [1.29, 1.82) is 0 Å².